The third-order valence-corrected chi connectivity index (χ3v) is 5.42. The summed E-state index contributed by atoms with van der Waals surface area (Å²) in [5.41, 5.74) is 2.68. The maximum Gasteiger partial charge on any atom is 0.253 e. The molecule has 146 valence electrons. The van der Waals surface area contributed by atoms with Gasteiger partial charge in [0.05, 0.1) is 12.7 Å². The third kappa shape index (κ3) is 3.94. The van der Waals surface area contributed by atoms with E-state index in [1.54, 1.807) is 13.2 Å². The van der Waals surface area contributed by atoms with E-state index in [4.69, 9.17) is 21.1 Å². The van der Waals surface area contributed by atoms with Crippen molar-refractivity contribution in [1.29, 1.82) is 0 Å². The average molecular weight is 399 g/mol. The van der Waals surface area contributed by atoms with Crippen LogP contribution >= 0.6 is 11.6 Å². The van der Waals surface area contributed by atoms with Crippen molar-refractivity contribution in [2.24, 2.45) is 0 Å². The first-order chi connectivity index (χ1) is 13.6. The van der Waals surface area contributed by atoms with Crippen LogP contribution in [0.4, 0.5) is 5.69 Å². The van der Waals surface area contributed by atoms with Crippen molar-refractivity contribution in [1.82, 2.24) is 4.90 Å². The van der Waals surface area contributed by atoms with E-state index < -0.39 is 0 Å². The Morgan fingerprint density at radius 1 is 1.07 bits per heavy atom. The van der Waals surface area contributed by atoms with Crippen LogP contribution in [0.25, 0.3) is 6.08 Å². The lowest BCUT2D eigenvalue weighted by Crippen LogP contribution is -2.37. The Morgan fingerprint density at radius 2 is 1.89 bits per heavy atom. The van der Waals surface area contributed by atoms with E-state index >= 15 is 0 Å². The summed E-state index contributed by atoms with van der Waals surface area (Å²) >= 11 is 6.07. The molecule has 0 bridgehead atoms. The molecule has 0 saturated carbocycles. The van der Waals surface area contributed by atoms with Gasteiger partial charge in [0.2, 0.25) is 0 Å². The number of ether oxygens (including phenoxy) is 2. The second-order valence-corrected chi connectivity index (χ2v) is 7.41. The summed E-state index contributed by atoms with van der Waals surface area (Å²) < 4.78 is 11.0. The van der Waals surface area contributed by atoms with Crippen LogP contribution in [0.2, 0.25) is 5.02 Å². The molecule has 28 heavy (non-hydrogen) atoms. The lowest BCUT2D eigenvalue weighted by Gasteiger charge is -2.25. The molecule has 0 spiro atoms. The van der Waals surface area contributed by atoms with Crippen molar-refractivity contribution in [2.45, 2.75) is 6.42 Å². The van der Waals surface area contributed by atoms with E-state index in [0.29, 0.717) is 23.7 Å². The fourth-order valence-electron chi connectivity index (χ4n) is 3.65. The lowest BCUT2D eigenvalue weighted by atomic mass is 10.1. The zero-order valence-corrected chi connectivity index (χ0v) is 16.6. The molecule has 5 nitrogen and oxygen atoms in total. The van der Waals surface area contributed by atoms with Crippen LogP contribution in [0.5, 0.6) is 11.5 Å². The summed E-state index contributed by atoms with van der Waals surface area (Å²) in [6.45, 7) is 3.45. The summed E-state index contributed by atoms with van der Waals surface area (Å²) in [4.78, 5) is 17.3. The fourth-order valence-corrected chi connectivity index (χ4v) is 3.83. The first-order valence-electron chi connectivity index (χ1n) is 9.45. The second-order valence-electron chi connectivity index (χ2n) is 6.97. The molecule has 0 aliphatic carbocycles. The molecule has 1 saturated heterocycles. The van der Waals surface area contributed by atoms with Gasteiger partial charge in [0.15, 0.2) is 0 Å². The Kier molecular flexibility index (Phi) is 5.44. The minimum absolute atomic E-state index is 0.0437. The van der Waals surface area contributed by atoms with Crippen LogP contribution in [-0.2, 0) is 4.79 Å². The number of methoxy groups -OCH3 is 1. The molecule has 0 atom stereocenters. The maximum atomic E-state index is 13.0. The van der Waals surface area contributed by atoms with Crippen LogP contribution in [0.15, 0.2) is 48.0 Å². The average Bonchev–Trinajstić information content (AvgIpc) is 2.99. The van der Waals surface area contributed by atoms with E-state index in [1.807, 2.05) is 35.2 Å². The largest absolute Gasteiger partial charge is 0.497 e. The molecule has 2 heterocycles. The first-order valence-corrected chi connectivity index (χ1v) is 9.83. The molecule has 6 heteroatoms. The van der Waals surface area contributed by atoms with Crippen molar-refractivity contribution in [2.75, 3.05) is 44.8 Å². The monoisotopic (exact) mass is 398 g/mol. The number of hydrogen-bond acceptors (Lipinski definition) is 4. The highest BCUT2D eigenvalue weighted by Crippen LogP contribution is 2.30. The predicted octanol–water partition coefficient (Wildman–Crippen LogP) is 3.86. The highest BCUT2D eigenvalue weighted by Gasteiger charge is 2.24. The Hall–Kier alpha value is -2.66. The molecule has 1 amide bonds. The van der Waals surface area contributed by atoms with Gasteiger partial charge in [0.1, 0.15) is 18.1 Å². The number of carbonyl (C=O) groups is 1. The molecule has 2 aliphatic heterocycles. The van der Waals surface area contributed by atoms with Gasteiger partial charge in [-0.2, -0.15) is 0 Å². The Labute approximate surface area is 170 Å². The molecule has 2 aromatic carbocycles. The molecule has 0 unspecified atom stereocenters. The summed E-state index contributed by atoms with van der Waals surface area (Å²) in [5, 5.41) is 0.636. The number of fused-ring (bicyclic) bond motifs is 1. The van der Waals surface area contributed by atoms with Crippen LogP contribution < -0.4 is 14.4 Å². The van der Waals surface area contributed by atoms with Gasteiger partial charge in [-0.05, 0) is 55.0 Å². The van der Waals surface area contributed by atoms with E-state index in [0.717, 1.165) is 48.8 Å². The first kappa shape index (κ1) is 18.7. The van der Waals surface area contributed by atoms with Crippen molar-refractivity contribution < 1.29 is 14.3 Å². The quantitative estimate of drug-likeness (QED) is 0.787. The fraction of sp³-hybridized carbons (Fsp3) is 0.318. The van der Waals surface area contributed by atoms with Crippen LogP contribution in [-0.4, -0.2) is 50.7 Å². The number of hydrogen-bond donors (Lipinski definition) is 0. The van der Waals surface area contributed by atoms with E-state index in [-0.39, 0.29) is 5.91 Å². The SMILES string of the molecule is COc1ccc(N2CCCN(C(=O)C3=Cc4cc(Cl)ccc4OC3)CC2)cc1. The number of anilines is 1. The van der Waals surface area contributed by atoms with Gasteiger partial charge in [-0.1, -0.05) is 11.6 Å². The van der Waals surface area contributed by atoms with E-state index in [1.165, 1.54) is 0 Å². The number of carbonyl (C=O) groups excluding carboxylic acids is 1. The molecule has 4 rings (SSSR count). The molecule has 2 aliphatic rings. The third-order valence-electron chi connectivity index (χ3n) is 5.18. The minimum Gasteiger partial charge on any atom is -0.497 e. The minimum atomic E-state index is 0.0437. The molecular weight excluding hydrogens is 376 g/mol. The standard InChI is InChI=1S/C22H23ClN2O3/c1-27-20-6-4-19(5-7-20)24-9-2-10-25(12-11-24)22(26)17-13-16-14-18(23)3-8-21(16)28-15-17/h3-8,13-14H,2,9-12,15H2,1H3. The Balaban J connectivity index is 1.44. The number of halogens is 1. The normalized spacial score (nSPS) is 16.6. The molecule has 0 N–H and O–H groups in total. The number of amides is 1. The number of rotatable bonds is 3. The van der Waals surface area contributed by atoms with Gasteiger partial charge in [-0.15, -0.1) is 0 Å². The van der Waals surface area contributed by atoms with Crippen molar-refractivity contribution in [3.8, 4) is 11.5 Å². The van der Waals surface area contributed by atoms with Gasteiger partial charge >= 0.3 is 0 Å². The predicted molar refractivity (Wildman–Crippen MR) is 111 cm³/mol. The number of nitrogens with zero attached hydrogens (tertiary/aromatic N) is 2. The Bertz CT molecular complexity index is 895. The van der Waals surface area contributed by atoms with E-state index in [2.05, 4.69) is 17.0 Å². The summed E-state index contributed by atoms with van der Waals surface area (Å²) in [7, 11) is 1.67. The summed E-state index contributed by atoms with van der Waals surface area (Å²) in [5.74, 6) is 1.66. The maximum absolute atomic E-state index is 13.0. The topological polar surface area (TPSA) is 42.0 Å². The van der Waals surface area contributed by atoms with Crippen LogP contribution in [0.3, 0.4) is 0 Å². The van der Waals surface area contributed by atoms with Gasteiger partial charge in [0.25, 0.3) is 5.91 Å². The molecule has 0 radical (unpaired) electrons. The van der Waals surface area contributed by atoms with Crippen molar-refractivity contribution in [3.05, 3.63) is 58.6 Å². The molecule has 2 aromatic rings. The van der Waals surface area contributed by atoms with Crippen LogP contribution in [0.1, 0.15) is 12.0 Å². The molecular formula is C22H23ClN2O3. The molecule has 1 fully saturated rings. The highest BCUT2D eigenvalue weighted by molar-refractivity contribution is 6.30. The van der Waals surface area contributed by atoms with Gasteiger partial charge in [-0.25, -0.2) is 0 Å². The highest BCUT2D eigenvalue weighted by atomic mass is 35.5. The van der Waals surface area contributed by atoms with Gasteiger partial charge in [-0.3, -0.25) is 4.79 Å². The smallest absolute Gasteiger partial charge is 0.253 e. The Morgan fingerprint density at radius 3 is 2.68 bits per heavy atom. The van der Waals surface area contributed by atoms with Gasteiger partial charge in [0, 0.05) is 42.5 Å². The van der Waals surface area contributed by atoms with Crippen molar-refractivity contribution >= 4 is 29.3 Å². The zero-order valence-electron chi connectivity index (χ0n) is 15.9. The summed E-state index contributed by atoms with van der Waals surface area (Å²) in [6.07, 6.45) is 2.83. The zero-order chi connectivity index (χ0) is 19.5. The summed E-state index contributed by atoms with van der Waals surface area (Å²) in [6, 6.07) is 13.5. The van der Waals surface area contributed by atoms with Crippen LogP contribution in [0, 0.1) is 0 Å². The van der Waals surface area contributed by atoms with E-state index in [9.17, 15) is 4.79 Å². The number of benzene rings is 2. The van der Waals surface area contributed by atoms with Crippen molar-refractivity contribution in [3.63, 3.8) is 0 Å². The second kappa shape index (κ2) is 8.15. The van der Waals surface area contributed by atoms with Gasteiger partial charge < -0.3 is 19.3 Å². The molecule has 0 aromatic heterocycles. The lowest BCUT2D eigenvalue weighted by molar-refractivity contribution is -0.127.